The first-order valence-corrected chi connectivity index (χ1v) is 8.10. The molecule has 114 valence electrons. The summed E-state index contributed by atoms with van der Waals surface area (Å²) in [5.41, 5.74) is 2.74. The van der Waals surface area contributed by atoms with Gasteiger partial charge in [0.2, 0.25) is 0 Å². The van der Waals surface area contributed by atoms with E-state index in [0.29, 0.717) is 6.04 Å². The maximum absolute atomic E-state index is 4.48. The topological polar surface area (TPSA) is 29.9 Å². The number of hydrogen-bond donors (Lipinski definition) is 1. The highest BCUT2D eigenvalue weighted by Gasteiger charge is 2.13. The van der Waals surface area contributed by atoms with Crippen LogP contribution in [-0.2, 0) is 19.4 Å². The van der Waals surface area contributed by atoms with Gasteiger partial charge in [0.15, 0.2) is 0 Å². The lowest BCUT2D eigenvalue weighted by Gasteiger charge is -2.20. The van der Waals surface area contributed by atoms with Crippen LogP contribution < -0.4 is 5.32 Å². The summed E-state index contributed by atoms with van der Waals surface area (Å²) in [6.07, 6.45) is 7.27. The molecule has 3 nitrogen and oxygen atoms in total. The minimum absolute atomic E-state index is 0.339. The van der Waals surface area contributed by atoms with Gasteiger partial charge in [0.05, 0.1) is 6.04 Å². The average molecular weight is 285 g/mol. The van der Waals surface area contributed by atoms with E-state index < -0.39 is 0 Å². The van der Waals surface area contributed by atoms with Crippen molar-refractivity contribution in [2.75, 3.05) is 6.54 Å². The summed E-state index contributed by atoms with van der Waals surface area (Å²) in [4.78, 5) is 4.48. The molecule has 1 aromatic carbocycles. The number of nitrogens with zero attached hydrogens (tertiary/aromatic N) is 2. The zero-order chi connectivity index (χ0) is 15.1. The molecule has 3 heteroatoms. The van der Waals surface area contributed by atoms with Crippen LogP contribution in [0, 0.1) is 0 Å². The number of benzene rings is 1. The van der Waals surface area contributed by atoms with Crippen LogP contribution in [0.2, 0.25) is 0 Å². The van der Waals surface area contributed by atoms with Gasteiger partial charge in [-0.15, -0.1) is 0 Å². The fourth-order valence-corrected chi connectivity index (χ4v) is 2.67. The van der Waals surface area contributed by atoms with Gasteiger partial charge < -0.3 is 9.88 Å². The molecule has 1 atom stereocenters. The third-order valence-corrected chi connectivity index (χ3v) is 3.90. The molecule has 1 N–H and O–H groups in total. The summed E-state index contributed by atoms with van der Waals surface area (Å²) in [6, 6.07) is 9.32. The second-order valence-corrected chi connectivity index (χ2v) is 5.45. The summed E-state index contributed by atoms with van der Waals surface area (Å²) in [7, 11) is 0. The molecule has 0 bridgehead atoms. The minimum atomic E-state index is 0.339. The lowest BCUT2D eigenvalue weighted by Crippen LogP contribution is -2.26. The second-order valence-electron chi connectivity index (χ2n) is 5.45. The van der Waals surface area contributed by atoms with Gasteiger partial charge in [0, 0.05) is 25.4 Å². The monoisotopic (exact) mass is 285 g/mol. The molecule has 0 aliphatic carbocycles. The van der Waals surface area contributed by atoms with E-state index in [9.17, 15) is 0 Å². The molecule has 0 saturated heterocycles. The van der Waals surface area contributed by atoms with E-state index in [0.717, 1.165) is 32.4 Å². The highest BCUT2D eigenvalue weighted by atomic mass is 15.1. The number of hydrogen-bond acceptors (Lipinski definition) is 2. The van der Waals surface area contributed by atoms with Gasteiger partial charge in [0.1, 0.15) is 5.82 Å². The number of aryl methyl sites for hydroxylation is 2. The van der Waals surface area contributed by atoms with Crippen LogP contribution in [0.1, 0.15) is 50.2 Å². The van der Waals surface area contributed by atoms with Crippen molar-refractivity contribution in [3.05, 3.63) is 53.6 Å². The van der Waals surface area contributed by atoms with Crippen molar-refractivity contribution in [1.82, 2.24) is 14.9 Å². The van der Waals surface area contributed by atoms with Crippen molar-refractivity contribution in [1.29, 1.82) is 0 Å². The highest BCUT2D eigenvalue weighted by Crippen LogP contribution is 2.18. The van der Waals surface area contributed by atoms with Crippen LogP contribution in [-0.4, -0.2) is 16.1 Å². The summed E-state index contributed by atoms with van der Waals surface area (Å²) in [6.45, 7) is 8.46. The predicted octanol–water partition coefficient (Wildman–Crippen LogP) is 3.75. The van der Waals surface area contributed by atoms with Crippen molar-refractivity contribution in [3.8, 4) is 0 Å². The van der Waals surface area contributed by atoms with Gasteiger partial charge in [-0.3, -0.25) is 0 Å². The first-order valence-electron chi connectivity index (χ1n) is 8.10. The predicted molar refractivity (Wildman–Crippen MR) is 88.5 cm³/mol. The summed E-state index contributed by atoms with van der Waals surface area (Å²) < 4.78 is 2.28. The zero-order valence-corrected chi connectivity index (χ0v) is 13.5. The van der Waals surface area contributed by atoms with Gasteiger partial charge in [-0.25, -0.2) is 4.98 Å². The molecule has 0 fully saturated rings. The van der Waals surface area contributed by atoms with Crippen LogP contribution >= 0.6 is 0 Å². The van der Waals surface area contributed by atoms with Gasteiger partial charge in [-0.1, -0.05) is 45.0 Å². The standard InChI is InChI=1S/C18H27N3/c1-4-7-18-20-12-13-21(18)14-17(19-6-3)16-10-8-15(5-2)9-11-16/h8-13,17,19H,4-7,14H2,1-3H3. The Morgan fingerprint density at radius 1 is 1.14 bits per heavy atom. The Kier molecular flexibility index (Phi) is 6.00. The van der Waals surface area contributed by atoms with Gasteiger partial charge in [-0.2, -0.15) is 0 Å². The highest BCUT2D eigenvalue weighted by molar-refractivity contribution is 5.25. The van der Waals surface area contributed by atoms with Crippen LogP contribution in [0.4, 0.5) is 0 Å². The quantitative estimate of drug-likeness (QED) is 0.800. The average Bonchev–Trinajstić information content (AvgIpc) is 2.94. The molecule has 1 aromatic heterocycles. The lowest BCUT2D eigenvalue weighted by atomic mass is 10.0. The normalized spacial score (nSPS) is 12.5. The molecule has 21 heavy (non-hydrogen) atoms. The number of likely N-dealkylation sites (N-methyl/N-ethyl adjacent to an activating group) is 1. The molecule has 0 aliphatic heterocycles. The SMILES string of the molecule is CCCc1nccn1CC(NCC)c1ccc(CC)cc1. The van der Waals surface area contributed by atoms with Crippen LogP contribution in [0.5, 0.6) is 0 Å². The molecule has 0 amide bonds. The van der Waals surface area contributed by atoms with Gasteiger partial charge in [-0.05, 0) is 30.5 Å². The Labute approximate surface area is 128 Å². The largest absolute Gasteiger partial charge is 0.333 e. The zero-order valence-electron chi connectivity index (χ0n) is 13.5. The van der Waals surface area contributed by atoms with E-state index in [1.165, 1.54) is 17.0 Å². The van der Waals surface area contributed by atoms with E-state index in [4.69, 9.17) is 0 Å². The minimum Gasteiger partial charge on any atom is -0.333 e. The second kappa shape index (κ2) is 7.99. The first-order chi connectivity index (χ1) is 10.3. The lowest BCUT2D eigenvalue weighted by molar-refractivity contribution is 0.464. The van der Waals surface area contributed by atoms with Crippen molar-refractivity contribution in [3.63, 3.8) is 0 Å². The number of rotatable bonds is 8. The maximum atomic E-state index is 4.48. The molecular weight excluding hydrogens is 258 g/mol. The maximum Gasteiger partial charge on any atom is 0.108 e. The van der Waals surface area contributed by atoms with Gasteiger partial charge in [0.25, 0.3) is 0 Å². The molecular formula is C18H27N3. The number of aromatic nitrogens is 2. The molecule has 1 unspecified atom stereocenters. The molecule has 2 rings (SSSR count). The van der Waals surface area contributed by atoms with Gasteiger partial charge >= 0.3 is 0 Å². The molecule has 0 saturated carbocycles. The summed E-state index contributed by atoms with van der Waals surface area (Å²) >= 11 is 0. The van der Waals surface area contributed by atoms with Crippen LogP contribution in [0.3, 0.4) is 0 Å². The number of imidazole rings is 1. The summed E-state index contributed by atoms with van der Waals surface area (Å²) in [5, 5.41) is 3.60. The number of nitrogens with one attached hydrogen (secondary N) is 1. The van der Waals surface area contributed by atoms with E-state index in [2.05, 4.69) is 66.1 Å². The smallest absolute Gasteiger partial charge is 0.108 e. The van der Waals surface area contributed by atoms with E-state index in [1.54, 1.807) is 0 Å². The first kappa shape index (κ1) is 15.8. The van der Waals surface area contributed by atoms with E-state index >= 15 is 0 Å². The van der Waals surface area contributed by atoms with Crippen molar-refractivity contribution >= 4 is 0 Å². The Hall–Kier alpha value is -1.61. The Morgan fingerprint density at radius 3 is 2.52 bits per heavy atom. The third kappa shape index (κ3) is 4.18. The molecule has 0 spiro atoms. The molecule has 0 aliphatic rings. The fraction of sp³-hybridized carbons (Fsp3) is 0.500. The van der Waals surface area contributed by atoms with Crippen molar-refractivity contribution < 1.29 is 0 Å². The van der Waals surface area contributed by atoms with Crippen molar-refractivity contribution in [2.45, 2.75) is 52.6 Å². The van der Waals surface area contributed by atoms with Crippen LogP contribution in [0.25, 0.3) is 0 Å². The Balaban J connectivity index is 2.15. The Bertz CT molecular complexity index is 528. The van der Waals surface area contributed by atoms with Crippen molar-refractivity contribution in [2.24, 2.45) is 0 Å². The van der Waals surface area contributed by atoms with E-state index in [1.807, 2.05) is 6.20 Å². The van der Waals surface area contributed by atoms with E-state index in [-0.39, 0.29) is 0 Å². The molecule has 0 radical (unpaired) electrons. The fourth-order valence-electron chi connectivity index (χ4n) is 2.67. The third-order valence-electron chi connectivity index (χ3n) is 3.90. The summed E-state index contributed by atoms with van der Waals surface area (Å²) in [5.74, 6) is 1.19. The molecule has 2 aromatic rings. The van der Waals surface area contributed by atoms with Crippen LogP contribution in [0.15, 0.2) is 36.7 Å². The Morgan fingerprint density at radius 2 is 1.90 bits per heavy atom. The molecule has 1 heterocycles.